The Labute approximate surface area is 131 Å². The van der Waals surface area contributed by atoms with Gasteiger partial charge in [-0.1, -0.05) is 0 Å². The van der Waals surface area contributed by atoms with Crippen molar-refractivity contribution in [1.29, 1.82) is 0 Å². The molecular weight excluding hydrogens is 369 g/mol. The molecule has 5 heteroatoms. The quantitative estimate of drug-likeness (QED) is 0.814. The van der Waals surface area contributed by atoms with E-state index >= 15 is 0 Å². The highest BCUT2D eigenvalue weighted by Gasteiger charge is 2.46. The number of carbonyl (C=O) groups excluding carboxylic acids is 1. The lowest BCUT2D eigenvalue weighted by Crippen LogP contribution is -2.29. The van der Waals surface area contributed by atoms with Crippen molar-refractivity contribution in [2.24, 2.45) is 17.8 Å². The van der Waals surface area contributed by atoms with Crippen LogP contribution in [0.1, 0.15) is 23.2 Å². The molecule has 0 bridgehead atoms. The van der Waals surface area contributed by atoms with Gasteiger partial charge in [0.25, 0.3) is 5.91 Å². The Bertz CT molecular complexity index is 539. The number of carboxylic acid groups (broad SMARTS) is 1. The highest BCUT2D eigenvalue weighted by Crippen LogP contribution is 2.44. The molecule has 1 aromatic carbocycles. The Balaban J connectivity index is 1.76. The number of benzene rings is 1. The Hall–Kier alpha value is -1.11. The standard InChI is InChI=1S/C15H16INO3/c16-11-5-3-10(4-6-11)14(18)17-7-12(9-1-2-9)13(8-17)15(19)20/h3-6,9,12-13H,1-2,7-8H2,(H,19,20)/t12-,13+/m1/s1. The highest BCUT2D eigenvalue weighted by atomic mass is 127. The van der Waals surface area contributed by atoms with Crippen molar-refractivity contribution < 1.29 is 14.7 Å². The summed E-state index contributed by atoms with van der Waals surface area (Å²) in [6.45, 7) is 0.938. The van der Waals surface area contributed by atoms with Gasteiger partial charge < -0.3 is 10.0 Å². The summed E-state index contributed by atoms with van der Waals surface area (Å²) in [6, 6.07) is 7.42. The van der Waals surface area contributed by atoms with E-state index in [1.165, 1.54) is 0 Å². The molecule has 1 aromatic rings. The zero-order valence-corrected chi connectivity index (χ0v) is 13.1. The average Bonchev–Trinajstić information content (AvgIpc) is 3.17. The maximum absolute atomic E-state index is 12.4. The van der Waals surface area contributed by atoms with Crippen molar-refractivity contribution in [3.8, 4) is 0 Å². The van der Waals surface area contributed by atoms with Gasteiger partial charge in [0.1, 0.15) is 0 Å². The number of carboxylic acids is 1. The van der Waals surface area contributed by atoms with E-state index in [1.807, 2.05) is 24.3 Å². The van der Waals surface area contributed by atoms with Crippen LogP contribution in [0.25, 0.3) is 0 Å². The van der Waals surface area contributed by atoms with Crippen LogP contribution in [-0.4, -0.2) is 35.0 Å². The summed E-state index contributed by atoms with van der Waals surface area (Å²) in [5.41, 5.74) is 0.644. The first kappa shape index (κ1) is 13.9. The van der Waals surface area contributed by atoms with E-state index in [1.54, 1.807) is 4.90 Å². The fourth-order valence-electron chi connectivity index (χ4n) is 3.03. The Morgan fingerprint density at radius 3 is 2.35 bits per heavy atom. The topological polar surface area (TPSA) is 57.6 Å². The fourth-order valence-corrected chi connectivity index (χ4v) is 3.39. The third-order valence-corrected chi connectivity index (χ3v) is 5.01. The van der Waals surface area contributed by atoms with Gasteiger partial charge in [-0.25, -0.2) is 0 Å². The van der Waals surface area contributed by atoms with Crippen LogP contribution in [0.3, 0.4) is 0 Å². The lowest BCUT2D eigenvalue weighted by molar-refractivity contribution is -0.142. The van der Waals surface area contributed by atoms with E-state index < -0.39 is 11.9 Å². The number of nitrogens with zero attached hydrogens (tertiary/aromatic N) is 1. The van der Waals surface area contributed by atoms with Gasteiger partial charge in [0.15, 0.2) is 0 Å². The van der Waals surface area contributed by atoms with Crippen LogP contribution >= 0.6 is 22.6 Å². The number of aliphatic carboxylic acids is 1. The predicted octanol–water partition coefficient (Wildman–Crippen LogP) is 2.47. The first-order chi connectivity index (χ1) is 9.56. The van der Waals surface area contributed by atoms with Crippen molar-refractivity contribution in [3.05, 3.63) is 33.4 Å². The van der Waals surface area contributed by atoms with Crippen molar-refractivity contribution in [2.75, 3.05) is 13.1 Å². The molecule has 0 aromatic heterocycles. The average molecular weight is 385 g/mol. The summed E-state index contributed by atoms with van der Waals surface area (Å²) in [4.78, 5) is 25.5. The summed E-state index contributed by atoms with van der Waals surface area (Å²) in [5.74, 6) is -0.558. The molecule has 2 fully saturated rings. The maximum Gasteiger partial charge on any atom is 0.308 e. The normalized spacial score (nSPS) is 25.8. The van der Waals surface area contributed by atoms with Crippen LogP contribution in [0.15, 0.2) is 24.3 Å². The van der Waals surface area contributed by atoms with Gasteiger partial charge in [0.05, 0.1) is 5.92 Å². The zero-order valence-electron chi connectivity index (χ0n) is 11.0. The smallest absolute Gasteiger partial charge is 0.308 e. The molecule has 1 aliphatic carbocycles. The van der Waals surface area contributed by atoms with E-state index in [0.29, 0.717) is 24.6 Å². The molecule has 1 saturated carbocycles. The number of hydrogen-bond acceptors (Lipinski definition) is 2. The van der Waals surface area contributed by atoms with Gasteiger partial charge in [-0.2, -0.15) is 0 Å². The minimum Gasteiger partial charge on any atom is -0.481 e. The van der Waals surface area contributed by atoms with E-state index in [-0.39, 0.29) is 11.8 Å². The lowest BCUT2D eigenvalue weighted by Gasteiger charge is -2.16. The first-order valence-corrected chi connectivity index (χ1v) is 7.92. The van der Waals surface area contributed by atoms with Crippen molar-refractivity contribution >= 4 is 34.5 Å². The second-order valence-electron chi connectivity index (χ2n) is 5.66. The fraction of sp³-hybridized carbons (Fsp3) is 0.467. The molecular formula is C15H16INO3. The van der Waals surface area contributed by atoms with Crippen molar-refractivity contribution in [3.63, 3.8) is 0 Å². The molecule has 2 atom stereocenters. The minimum atomic E-state index is -0.764. The first-order valence-electron chi connectivity index (χ1n) is 6.84. The van der Waals surface area contributed by atoms with Gasteiger partial charge in [-0.3, -0.25) is 9.59 Å². The molecule has 1 heterocycles. The van der Waals surface area contributed by atoms with Gasteiger partial charge in [-0.15, -0.1) is 0 Å². The summed E-state index contributed by atoms with van der Waals surface area (Å²) in [6.07, 6.45) is 2.22. The Morgan fingerprint density at radius 2 is 1.80 bits per heavy atom. The van der Waals surface area contributed by atoms with Gasteiger partial charge in [0.2, 0.25) is 0 Å². The minimum absolute atomic E-state index is 0.0456. The van der Waals surface area contributed by atoms with Crippen LogP contribution in [0.4, 0.5) is 0 Å². The van der Waals surface area contributed by atoms with Gasteiger partial charge in [0, 0.05) is 22.2 Å². The molecule has 0 unspecified atom stereocenters. The molecule has 1 amide bonds. The number of amides is 1. The SMILES string of the molecule is O=C(O)[C@H]1CN(C(=O)c2ccc(I)cc2)C[C@@H]1C1CC1. The highest BCUT2D eigenvalue weighted by molar-refractivity contribution is 14.1. The van der Waals surface area contributed by atoms with Gasteiger partial charge >= 0.3 is 5.97 Å². The molecule has 2 aliphatic rings. The molecule has 4 nitrogen and oxygen atoms in total. The Kier molecular flexibility index (Phi) is 3.70. The number of carbonyl (C=O) groups is 2. The summed E-state index contributed by atoms with van der Waals surface area (Å²) < 4.78 is 1.08. The van der Waals surface area contributed by atoms with E-state index in [2.05, 4.69) is 22.6 Å². The van der Waals surface area contributed by atoms with E-state index in [4.69, 9.17) is 0 Å². The zero-order chi connectivity index (χ0) is 14.3. The van der Waals surface area contributed by atoms with Crippen molar-refractivity contribution in [2.45, 2.75) is 12.8 Å². The van der Waals surface area contributed by atoms with Gasteiger partial charge in [-0.05, 0) is 71.5 Å². The number of halogens is 1. The largest absolute Gasteiger partial charge is 0.481 e. The lowest BCUT2D eigenvalue weighted by atomic mass is 9.92. The second kappa shape index (κ2) is 5.35. The third-order valence-electron chi connectivity index (χ3n) is 4.29. The van der Waals surface area contributed by atoms with Crippen LogP contribution in [-0.2, 0) is 4.79 Å². The van der Waals surface area contributed by atoms with E-state index in [0.717, 1.165) is 16.4 Å². The summed E-state index contributed by atoms with van der Waals surface area (Å²) in [7, 11) is 0. The molecule has 1 aliphatic heterocycles. The summed E-state index contributed by atoms with van der Waals surface area (Å²) >= 11 is 2.20. The van der Waals surface area contributed by atoms with Crippen molar-refractivity contribution in [1.82, 2.24) is 4.90 Å². The molecule has 3 rings (SSSR count). The summed E-state index contributed by atoms with van der Waals surface area (Å²) in [5, 5.41) is 9.33. The molecule has 106 valence electrons. The van der Waals surface area contributed by atoms with Crippen LogP contribution in [0.5, 0.6) is 0 Å². The van der Waals surface area contributed by atoms with Crippen LogP contribution < -0.4 is 0 Å². The molecule has 1 N–H and O–H groups in total. The molecule has 1 saturated heterocycles. The second-order valence-corrected chi connectivity index (χ2v) is 6.91. The number of likely N-dealkylation sites (tertiary alicyclic amines) is 1. The van der Waals surface area contributed by atoms with Crippen LogP contribution in [0.2, 0.25) is 0 Å². The predicted molar refractivity (Wildman–Crippen MR) is 82.4 cm³/mol. The molecule has 0 spiro atoms. The maximum atomic E-state index is 12.4. The number of rotatable bonds is 3. The molecule has 20 heavy (non-hydrogen) atoms. The van der Waals surface area contributed by atoms with E-state index in [9.17, 15) is 14.7 Å². The van der Waals surface area contributed by atoms with Crippen LogP contribution in [0, 0.1) is 21.3 Å². The monoisotopic (exact) mass is 385 g/mol. The Morgan fingerprint density at radius 1 is 1.15 bits per heavy atom. The third kappa shape index (κ3) is 2.68. The number of hydrogen-bond donors (Lipinski definition) is 1. The molecule has 0 radical (unpaired) electrons.